The van der Waals surface area contributed by atoms with Crippen molar-refractivity contribution in [2.45, 2.75) is 26.3 Å². The van der Waals surface area contributed by atoms with Crippen molar-refractivity contribution < 1.29 is 4.79 Å². The van der Waals surface area contributed by atoms with E-state index in [0.717, 1.165) is 23.7 Å². The van der Waals surface area contributed by atoms with Crippen LogP contribution in [0.15, 0.2) is 41.8 Å². The monoisotopic (exact) mass is 300 g/mol. The Kier molecular flexibility index (Phi) is 3.97. The van der Waals surface area contributed by atoms with Gasteiger partial charge in [0.25, 0.3) is 0 Å². The van der Waals surface area contributed by atoms with E-state index in [0.29, 0.717) is 12.5 Å². The van der Waals surface area contributed by atoms with Crippen molar-refractivity contribution in [1.29, 1.82) is 0 Å². The Morgan fingerprint density at radius 2 is 2.00 bits per heavy atom. The van der Waals surface area contributed by atoms with Crippen LogP contribution < -0.4 is 9.80 Å². The molecule has 1 atom stereocenters. The fraction of sp³-hybridized carbons (Fsp3) is 0.353. The van der Waals surface area contributed by atoms with Gasteiger partial charge in [0.05, 0.1) is 17.8 Å². The van der Waals surface area contributed by atoms with E-state index in [1.54, 1.807) is 11.3 Å². The summed E-state index contributed by atoms with van der Waals surface area (Å²) in [5, 5.41) is 2.02. The van der Waals surface area contributed by atoms with Crippen molar-refractivity contribution in [3.8, 4) is 0 Å². The summed E-state index contributed by atoms with van der Waals surface area (Å²) in [7, 11) is 0. The minimum Gasteiger partial charge on any atom is -0.366 e. The van der Waals surface area contributed by atoms with E-state index in [4.69, 9.17) is 0 Å². The molecule has 0 N–H and O–H groups in total. The Morgan fingerprint density at radius 3 is 2.67 bits per heavy atom. The van der Waals surface area contributed by atoms with Crippen LogP contribution in [0.2, 0.25) is 0 Å². The molecular weight excluding hydrogens is 280 g/mol. The lowest BCUT2D eigenvalue weighted by molar-refractivity contribution is -0.118. The standard InChI is InChI=1S/C17H20N2OS/c1-3-18-13(2)12-19(16-9-5-4-8-15(16)18)17(20)11-14-7-6-10-21-14/h4-10,13H,3,11-12H2,1-2H3. The minimum atomic E-state index is 0.188. The Hall–Kier alpha value is -1.81. The van der Waals surface area contributed by atoms with Gasteiger partial charge in [-0.05, 0) is 37.4 Å². The molecule has 2 aromatic rings. The molecule has 1 aromatic heterocycles. The minimum absolute atomic E-state index is 0.188. The van der Waals surface area contributed by atoms with Gasteiger partial charge in [-0.25, -0.2) is 0 Å². The molecule has 3 nitrogen and oxygen atoms in total. The average Bonchev–Trinajstić information content (AvgIpc) is 2.99. The number of nitrogens with zero attached hydrogens (tertiary/aromatic N) is 2. The van der Waals surface area contributed by atoms with Crippen molar-refractivity contribution in [1.82, 2.24) is 0 Å². The number of thiophene rings is 1. The van der Waals surface area contributed by atoms with Gasteiger partial charge in [0.15, 0.2) is 0 Å². The van der Waals surface area contributed by atoms with Crippen molar-refractivity contribution in [3.05, 3.63) is 46.7 Å². The molecule has 4 heteroatoms. The fourth-order valence-electron chi connectivity index (χ4n) is 3.01. The van der Waals surface area contributed by atoms with E-state index >= 15 is 0 Å². The van der Waals surface area contributed by atoms with Crippen molar-refractivity contribution in [2.24, 2.45) is 0 Å². The Morgan fingerprint density at radius 1 is 1.24 bits per heavy atom. The maximum atomic E-state index is 12.7. The number of carbonyl (C=O) groups is 1. The van der Waals surface area contributed by atoms with Crippen molar-refractivity contribution in [2.75, 3.05) is 22.9 Å². The summed E-state index contributed by atoms with van der Waals surface area (Å²) < 4.78 is 0. The molecule has 1 amide bonds. The van der Waals surface area contributed by atoms with Crippen LogP contribution in [0, 0.1) is 0 Å². The largest absolute Gasteiger partial charge is 0.366 e. The van der Waals surface area contributed by atoms with Crippen LogP contribution in [0.25, 0.3) is 0 Å². The van der Waals surface area contributed by atoms with E-state index in [-0.39, 0.29) is 5.91 Å². The van der Waals surface area contributed by atoms with E-state index in [2.05, 4.69) is 30.9 Å². The number of fused-ring (bicyclic) bond motifs is 1. The number of likely N-dealkylation sites (N-methyl/N-ethyl adjacent to an activating group) is 1. The van der Waals surface area contributed by atoms with E-state index in [1.165, 1.54) is 5.69 Å². The van der Waals surface area contributed by atoms with Crippen LogP contribution in [0.4, 0.5) is 11.4 Å². The first kappa shape index (κ1) is 14.1. The molecule has 0 saturated heterocycles. The fourth-order valence-corrected chi connectivity index (χ4v) is 3.71. The zero-order valence-electron chi connectivity index (χ0n) is 12.5. The lowest BCUT2D eigenvalue weighted by Gasteiger charge is -2.42. The van der Waals surface area contributed by atoms with Crippen LogP contribution >= 0.6 is 11.3 Å². The molecule has 3 rings (SSSR count). The summed E-state index contributed by atoms with van der Waals surface area (Å²) in [6, 6.07) is 12.6. The normalized spacial score (nSPS) is 17.7. The van der Waals surface area contributed by atoms with Crippen LogP contribution in [0.5, 0.6) is 0 Å². The second-order valence-electron chi connectivity index (χ2n) is 5.38. The number of benzene rings is 1. The predicted molar refractivity (Wildman–Crippen MR) is 89.3 cm³/mol. The third kappa shape index (κ3) is 2.68. The quantitative estimate of drug-likeness (QED) is 0.865. The van der Waals surface area contributed by atoms with Crippen LogP contribution in [0.1, 0.15) is 18.7 Å². The first-order chi connectivity index (χ1) is 10.2. The first-order valence-corrected chi connectivity index (χ1v) is 8.27. The molecule has 1 unspecified atom stereocenters. The summed E-state index contributed by atoms with van der Waals surface area (Å²) in [5.74, 6) is 0.188. The van der Waals surface area contributed by atoms with E-state index in [9.17, 15) is 4.79 Å². The van der Waals surface area contributed by atoms with Gasteiger partial charge in [0, 0.05) is 24.0 Å². The number of anilines is 2. The van der Waals surface area contributed by atoms with Gasteiger partial charge in [-0.3, -0.25) is 4.79 Å². The lowest BCUT2D eigenvalue weighted by Crippen LogP contribution is -2.50. The Balaban J connectivity index is 1.90. The molecule has 0 radical (unpaired) electrons. The van der Waals surface area contributed by atoms with Gasteiger partial charge >= 0.3 is 0 Å². The average molecular weight is 300 g/mol. The molecule has 1 aliphatic heterocycles. The smallest absolute Gasteiger partial charge is 0.232 e. The molecule has 0 fully saturated rings. The number of carbonyl (C=O) groups excluding carboxylic acids is 1. The maximum Gasteiger partial charge on any atom is 0.232 e. The van der Waals surface area contributed by atoms with Crippen LogP contribution in [0.3, 0.4) is 0 Å². The third-order valence-electron chi connectivity index (χ3n) is 4.01. The van der Waals surface area contributed by atoms with Gasteiger partial charge in [0.2, 0.25) is 5.91 Å². The van der Waals surface area contributed by atoms with Gasteiger partial charge in [-0.1, -0.05) is 18.2 Å². The molecule has 2 heterocycles. The summed E-state index contributed by atoms with van der Waals surface area (Å²) in [6.07, 6.45) is 0.491. The van der Waals surface area contributed by atoms with Crippen LogP contribution in [-0.4, -0.2) is 25.0 Å². The number of rotatable bonds is 3. The summed E-state index contributed by atoms with van der Waals surface area (Å²) in [5.41, 5.74) is 2.21. The highest BCUT2D eigenvalue weighted by atomic mass is 32.1. The van der Waals surface area contributed by atoms with Gasteiger partial charge < -0.3 is 9.80 Å². The molecule has 0 bridgehead atoms. The number of hydrogen-bond acceptors (Lipinski definition) is 3. The zero-order valence-corrected chi connectivity index (χ0v) is 13.3. The molecule has 1 aromatic carbocycles. The highest BCUT2D eigenvalue weighted by Gasteiger charge is 2.30. The lowest BCUT2D eigenvalue weighted by atomic mass is 10.1. The zero-order chi connectivity index (χ0) is 14.8. The molecule has 0 spiro atoms. The summed E-state index contributed by atoms with van der Waals surface area (Å²) in [6.45, 7) is 6.07. The molecular formula is C17H20N2OS. The number of hydrogen-bond donors (Lipinski definition) is 0. The topological polar surface area (TPSA) is 23.6 Å². The molecule has 0 saturated carbocycles. The van der Waals surface area contributed by atoms with Crippen LogP contribution in [-0.2, 0) is 11.2 Å². The molecule has 21 heavy (non-hydrogen) atoms. The Labute approximate surface area is 129 Å². The first-order valence-electron chi connectivity index (χ1n) is 7.39. The predicted octanol–water partition coefficient (Wildman–Crippen LogP) is 3.55. The number of amides is 1. The molecule has 110 valence electrons. The van der Waals surface area contributed by atoms with Gasteiger partial charge in [0.1, 0.15) is 0 Å². The second kappa shape index (κ2) is 5.90. The maximum absolute atomic E-state index is 12.7. The highest BCUT2D eigenvalue weighted by molar-refractivity contribution is 7.10. The van der Waals surface area contributed by atoms with Gasteiger partial charge in [-0.2, -0.15) is 0 Å². The molecule has 1 aliphatic rings. The Bertz CT molecular complexity index is 623. The highest BCUT2D eigenvalue weighted by Crippen LogP contribution is 2.35. The van der Waals surface area contributed by atoms with Crippen molar-refractivity contribution in [3.63, 3.8) is 0 Å². The third-order valence-corrected chi connectivity index (χ3v) is 4.88. The molecule has 0 aliphatic carbocycles. The second-order valence-corrected chi connectivity index (χ2v) is 6.42. The van der Waals surface area contributed by atoms with E-state index < -0.39 is 0 Å². The SMILES string of the molecule is CCN1c2ccccc2N(C(=O)Cc2cccs2)CC1C. The van der Waals surface area contributed by atoms with E-state index in [1.807, 2.05) is 34.5 Å². The van der Waals surface area contributed by atoms with Gasteiger partial charge in [-0.15, -0.1) is 11.3 Å². The summed E-state index contributed by atoms with van der Waals surface area (Å²) in [4.78, 5) is 18.1. The summed E-state index contributed by atoms with van der Waals surface area (Å²) >= 11 is 1.64. The van der Waals surface area contributed by atoms with Crippen molar-refractivity contribution >= 4 is 28.6 Å². The number of para-hydroxylation sites is 2.